The summed E-state index contributed by atoms with van der Waals surface area (Å²) in [7, 11) is 1.66. The minimum Gasteiger partial charge on any atom is -0.497 e. The zero-order valence-corrected chi connectivity index (χ0v) is 18.7. The number of ether oxygens (including phenoxy) is 1. The first-order valence-corrected chi connectivity index (χ1v) is 11.0. The number of methoxy groups -OCH3 is 1. The Bertz CT molecular complexity index is 852. The fourth-order valence-corrected chi connectivity index (χ4v) is 3.91. The molecule has 0 radical (unpaired) electrons. The molecule has 2 aromatic rings. The highest BCUT2D eigenvalue weighted by molar-refractivity contribution is 5.88. The Morgan fingerprint density at radius 3 is 2.32 bits per heavy atom. The lowest BCUT2D eigenvalue weighted by molar-refractivity contribution is -0.137. The van der Waals surface area contributed by atoms with Crippen LogP contribution in [0.4, 0.5) is 5.69 Å². The first kappa shape index (κ1) is 22.7. The Kier molecular flexibility index (Phi) is 7.93. The lowest BCUT2D eigenvalue weighted by Crippen LogP contribution is -2.52. The van der Waals surface area contributed by atoms with Crippen molar-refractivity contribution >= 4 is 17.5 Å². The molecule has 0 saturated carbocycles. The SMILES string of the molecule is COc1ccc(N2CCCN(C(=O)C(NC(=O)Cc3ccccc3)C(C)C)CC2)cc1. The molecule has 166 valence electrons. The zero-order valence-electron chi connectivity index (χ0n) is 18.7. The van der Waals surface area contributed by atoms with Gasteiger partial charge in [-0.3, -0.25) is 9.59 Å². The van der Waals surface area contributed by atoms with Crippen molar-refractivity contribution in [1.82, 2.24) is 10.2 Å². The molecular weight excluding hydrogens is 390 g/mol. The van der Waals surface area contributed by atoms with E-state index < -0.39 is 6.04 Å². The third kappa shape index (κ3) is 6.23. The van der Waals surface area contributed by atoms with Crippen LogP contribution < -0.4 is 15.0 Å². The Labute approximate surface area is 185 Å². The van der Waals surface area contributed by atoms with E-state index in [1.54, 1.807) is 7.11 Å². The number of hydrogen-bond acceptors (Lipinski definition) is 4. The van der Waals surface area contributed by atoms with Gasteiger partial charge in [-0.2, -0.15) is 0 Å². The molecule has 6 nitrogen and oxygen atoms in total. The molecule has 6 heteroatoms. The van der Waals surface area contributed by atoms with Gasteiger partial charge in [0.15, 0.2) is 0 Å². The van der Waals surface area contributed by atoms with Gasteiger partial charge in [0.05, 0.1) is 13.5 Å². The van der Waals surface area contributed by atoms with Crippen LogP contribution >= 0.6 is 0 Å². The molecule has 1 N–H and O–H groups in total. The number of benzene rings is 2. The average molecular weight is 424 g/mol. The molecule has 1 heterocycles. The molecular formula is C25H33N3O3. The average Bonchev–Trinajstić information content (AvgIpc) is 3.04. The number of rotatable bonds is 7. The van der Waals surface area contributed by atoms with Gasteiger partial charge < -0.3 is 19.9 Å². The fraction of sp³-hybridized carbons (Fsp3) is 0.440. The maximum atomic E-state index is 13.3. The third-order valence-corrected chi connectivity index (χ3v) is 5.70. The highest BCUT2D eigenvalue weighted by Gasteiger charge is 2.29. The lowest BCUT2D eigenvalue weighted by atomic mass is 10.0. The molecule has 3 rings (SSSR count). The molecule has 0 aromatic heterocycles. The summed E-state index contributed by atoms with van der Waals surface area (Å²) in [4.78, 5) is 30.1. The molecule has 0 bridgehead atoms. The van der Waals surface area contributed by atoms with Gasteiger partial charge in [0.2, 0.25) is 11.8 Å². The number of carbonyl (C=O) groups excluding carboxylic acids is 2. The summed E-state index contributed by atoms with van der Waals surface area (Å²) >= 11 is 0. The number of hydrogen-bond donors (Lipinski definition) is 1. The largest absolute Gasteiger partial charge is 0.497 e. The van der Waals surface area contributed by atoms with Gasteiger partial charge in [0.25, 0.3) is 0 Å². The second-order valence-corrected chi connectivity index (χ2v) is 8.32. The summed E-state index contributed by atoms with van der Waals surface area (Å²) in [5.74, 6) is 0.746. The van der Waals surface area contributed by atoms with Gasteiger partial charge in [-0.15, -0.1) is 0 Å². The fourth-order valence-electron chi connectivity index (χ4n) is 3.91. The Morgan fingerprint density at radius 2 is 1.68 bits per heavy atom. The van der Waals surface area contributed by atoms with Gasteiger partial charge in [0.1, 0.15) is 11.8 Å². The van der Waals surface area contributed by atoms with E-state index in [0.29, 0.717) is 13.1 Å². The van der Waals surface area contributed by atoms with E-state index in [0.717, 1.165) is 36.5 Å². The maximum Gasteiger partial charge on any atom is 0.245 e. The van der Waals surface area contributed by atoms with Crippen LogP contribution in [-0.2, 0) is 16.0 Å². The number of anilines is 1. The topological polar surface area (TPSA) is 61.9 Å². The van der Waals surface area contributed by atoms with Crippen LogP contribution in [0.15, 0.2) is 54.6 Å². The van der Waals surface area contributed by atoms with Gasteiger partial charge in [-0.05, 0) is 42.2 Å². The monoisotopic (exact) mass is 423 g/mol. The van der Waals surface area contributed by atoms with Gasteiger partial charge in [-0.1, -0.05) is 44.2 Å². The van der Waals surface area contributed by atoms with E-state index in [9.17, 15) is 9.59 Å². The smallest absolute Gasteiger partial charge is 0.245 e. The summed E-state index contributed by atoms with van der Waals surface area (Å²) in [6, 6.07) is 17.1. The van der Waals surface area contributed by atoms with Crippen molar-refractivity contribution in [3.05, 3.63) is 60.2 Å². The van der Waals surface area contributed by atoms with Crippen LogP contribution in [0.5, 0.6) is 5.75 Å². The van der Waals surface area contributed by atoms with Gasteiger partial charge in [-0.25, -0.2) is 0 Å². The first-order chi connectivity index (χ1) is 15.0. The van der Waals surface area contributed by atoms with Crippen molar-refractivity contribution in [3.63, 3.8) is 0 Å². The predicted octanol–water partition coefficient (Wildman–Crippen LogP) is 3.12. The molecule has 0 spiro atoms. The highest BCUT2D eigenvalue weighted by atomic mass is 16.5. The summed E-state index contributed by atoms with van der Waals surface area (Å²) in [6.07, 6.45) is 1.17. The second-order valence-electron chi connectivity index (χ2n) is 8.32. The van der Waals surface area contributed by atoms with Crippen molar-refractivity contribution < 1.29 is 14.3 Å². The maximum absolute atomic E-state index is 13.3. The molecule has 1 unspecified atom stereocenters. The van der Waals surface area contributed by atoms with Crippen LogP contribution in [0.1, 0.15) is 25.8 Å². The lowest BCUT2D eigenvalue weighted by Gasteiger charge is -2.29. The number of carbonyl (C=O) groups is 2. The highest BCUT2D eigenvalue weighted by Crippen LogP contribution is 2.21. The molecule has 1 saturated heterocycles. The standard InChI is InChI=1S/C25H33N3O3/c1-19(2)24(26-23(29)18-20-8-5-4-6-9-20)25(30)28-15-7-14-27(16-17-28)21-10-12-22(31-3)13-11-21/h4-6,8-13,19,24H,7,14-18H2,1-3H3,(H,26,29). The first-order valence-electron chi connectivity index (χ1n) is 11.0. The predicted molar refractivity (Wildman–Crippen MR) is 123 cm³/mol. The normalized spacial score (nSPS) is 15.4. The van der Waals surface area contributed by atoms with Crippen molar-refractivity contribution in [2.24, 2.45) is 5.92 Å². The summed E-state index contributed by atoms with van der Waals surface area (Å²) in [5, 5.41) is 2.98. The quantitative estimate of drug-likeness (QED) is 0.743. The van der Waals surface area contributed by atoms with Crippen LogP contribution in [-0.4, -0.2) is 56.0 Å². The van der Waals surface area contributed by atoms with E-state index in [-0.39, 0.29) is 24.2 Å². The van der Waals surface area contributed by atoms with Crippen molar-refractivity contribution in [1.29, 1.82) is 0 Å². The molecule has 1 atom stereocenters. The number of amides is 2. The minimum absolute atomic E-state index is 0.00740. The third-order valence-electron chi connectivity index (χ3n) is 5.70. The number of nitrogens with zero attached hydrogens (tertiary/aromatic N) is 2. The van der Waals surface area contributed by atoms with Crippen molar-refractivity contribution in [2.75, 3.05) is 38.2 Å². The molecule has 1 aliphatic heterocycles. The van der Waals surface area contributed by atoms with Gasteiger partial charge in [0, 0.05) is 31.9 Å². The molecule has 1 aliphatic rings. The molecule has 2 amide bonds. The van der Waals surface area contributed by atoms with Crippen LogP contribution in [0.2, 0.25) is 0 Å². The number of nitrogens with one attached hydrogen (secondary N) is 1. The second kappa shape index (κ2) is 10.8. The van der Waals surface area contributed by atoms with Gasteiger partial charge >= 0.3 is 0 Å². The van der Waals surface area contributed by atoms with Crippen molar-refractivity contribution in [2.45, 2.75) is 32.7 Å². The molecule has 0 aliphatic carbocycles. The van der Waals surface area contributed by atoms with Crippen LogP contribution in [0, 0.1) is 5.92 Å². The van der Waals surface area contributed by atoms with E-state index in [1.165, 1.54) is 0 Å². The van der Waals surface area contributed by atoms with Crippen molar-refractivity contribution in [3.8, 4) is 5.75 Å². The zero-order chi connectivity index (χ0) is 22.2. The summed E-state index contributed by atoms with van der Waals surface area (Å²) in [5.41, 5.74) is 2.08. The van der Waals surface area contributed by atoms with E-state index in [2.05, 4.69) is 22.3 Å². The summed E-state index contributed by atoms with van der Waals surface area (Å²) in [6.45, 7) is 6.95. The Balaban J connectivity index is 1.60. The van der Waals surface area contributed by atoms with Crippen LogP contribution in [0.3, 0.4) is 0 Å². The van der Waals surface area contributed by atoms with Crippen LogP contribution in [0.25, 0.3) is 0 Å². The molecule has 1 fully saturated rings. The van der Waals surface area contributed by atoms with E-state index in [1.807, 2.05) is 61.2 Å². The minimum atomic E-state index is -0.510. The van der Waals surface area contributed by atoms with E-state index in [4.69, 9.17) is 4.74 Å². The Hall–Kier alpha value is -3.02. The summed E-state index contributed by atoms with van der Waals surface area (Å²) < 4.78 is 5.24. The Morgan fingerprint density at radius 1 is 0.968 bits per heavy atom. The molecule has 2 aromatic carbocycles. The van der Waals surface area contributed by atoms with E-state index >= 15 is 0 Å². The molecule has 31 heavy (non-hydrogen) atoms.